The van der Waals surface area contributed by atoms with Crippen LogP contribution in [0, 0.1) is 0 Å². The molecular formula is C14H18N2O2. The van der Waals surface area contributed by atoms with Crippen molar-refractivity contribution in [3.8, 4) is 0 Å². The molecule has 3 rings (SSSR count). The summed E-state index contributed by atoms with van der Waals surface area (Å²) in [6.07, 6.45) is 1.97. The van der Waals surface area contributed by atoms with Crippen LogP contribution in [0.5, 0.6) is 0 Å². The molecule has 96 valence electrons. The van der Waals surface area contributed by atoms with Crippen molar-refractivity contribution < 1.29 is 9.53 Å². The van der Waals surface area contributed by atoms with E-state index in [1.165, 1.54) is 0 Å². The molecule has 2 aliphatic heterocycles. The minimum absolute atomic E-state index is 0.0494. The van der Waals surface area contributed by atoms with Crippen molar-refractivity contribution in [2.24, 2.45) is 0 Å². The summed E-state index contributed by atoms with van der Waals surface area (Å²) in [4.78, 5) is 13.9. The van der Waals surface area contributed by atoms with E-state index >= 15 is 0 Å². The Hall–Kier alpha value is -1.55. The number of likely N-dealkylation sites (tertiary alicyclic amines) is 1. The van der Waals surface area contributed by atoms with Crippen molar-refractivity contribution in [3.63, 3.8) is 0 Å². The third-order valence-corrected chi connectivity index (χ3v) is 4.02. The van der Waals surface area contributed by atoms with Crippen molar-refractivity contribution in [2.75, 3.05) is 19.6 Å². The van der Waals surface area contributed by atoms with Crippen LogP contribution in [-0.4, -0.2) is 36.2 Å². The number of carbonyl (C=O) groups excluding carboxylic acids is 1. The smallest absolute Gasteiger partial charge is 0.410 e. The average Bonchev–Trinajstić information content (AvgIpc) is 2.88. The second-order valence-electron chi connectivity index (χ2n) is 5.09. The van der Waals surface area contributed by atoms with Crippen LogP contribution in [0.1, 0.15) is 18.4 Å². The van der Waals surface area contributed by atoms with E-state index in [-0.39, 0.29) is 11.6 Å². The fraction of sp³-hybridized carbons (Fsp3) is 0.500. The molecule has 1 amide bonds. The van der Waals surface area contributed by atoms with Gasteiger partial charge >= 0.3 is 6.09 Å². The molecule has 1 aromatic carbocycles. The molecule has 0 saturated carbocycles. The molecule has 2 aliphatic rings. The van der Waals surface area contributed by atoms with Gasteiger partial charge < -0.3 is 15.0 Å². The summed E-state index contributed by atoms with van der Waals surface area (Å²) < 4.78 is 5.38. The first-order valence-corrected chi connectivity index (χ1v) is 6.49. The Morgan fingerprint density at radius 1 is 1.33 bits per heavy atom. The Morgan fingerprint density at radius 2 is 2.17 bits per heavy atom. The first-order chi connectivity index (χ1) is 8.80. The summed E-state index contributed by atoms with van der Waals surface area (Å²) >= 11 is 0. The number of ether oxygens (including phenoxy) is 1. The number of nitrogens with one attached hydrogen (secondary N) is 1. The molecule has 1 N–H and O–H groups in total. The van der Waals surface area contributed by atoms with Gasteiger partial charge in [0.2, 0.25) is 0 Å². The Labute approximate surface area is 107 Å². The van der Waals surface area contributed by atoms with Crippen LogP contribution in [0.2, 0.25) is 0 Å². The van der Waals surface area contributed by atoms with Gasteiger partial charge in [0.05, 0.1) is 5.54 Å². The standard InChI is InChI=1S/C14H18N2O2/c17-13(18-10-12-4-2-1-3-5-12)16-9-7-14(16)6-8-15-11-14/h1-5,15H,6-11H2/t14-/m0/s1. The second kappa shape index (κ2) is 4.61. The van der Waals surface area contributed by atoms with Crippen LogP contribution in [0.3, 0.4) is 0 Å². The minimum atomic E-state index is -0.172. The summed E-state index contributed by atoms with van der Waals surface area (Å²) in [6, 6.07) is 9.80. The maximum Gasteiger partial charge on any atom is 0.410 e. The van der Waals surface area contributed by atoms with E-state index in [9.17, 15) is 4.79 Å². The zero-order valence-electron chi connectivity index (χ0n) is 10.4. The highest BCUT2D eigenvalue weighted by Gasteiger charge is 2.49. The van der Waals surface area contributed by atoms with Gasteiger partial charge in [0.1, 0.15) is 6.61 Å². The number of hydrogen-bond acceptors (Lipinski definition) is 3. The van der Waals surface area contributed by atoms with E-state index in [4.69, 9.17) is 4.74 Å². The lowest BCUT2D eigenvalue weighted by atomic mass is 9.84. The Morgan fingerprint density at radius 3 is 2.78 bits per heavy atom. The molecule has 4 nitrogen and oxygen atoms in total. The van der Waals surface area contributed by atoms with Crippen molar-refractivity contribution in [2.45, 2.75) is 25.0 Å². The zero-order valence-corrected chi connectivity index (χ0v) is 10.4. The largest absolute Gasteiger partial charge is 0.445 e. The Balaban J connectivity index is 1.56. The summed E-state index contributed by atoms with van der Waals surface area (Å²) in [7, 11) is 0. The molecule has 4 heteroatoms. The third kappa shape index (κ3) is 1.97. The highest BCUT2D eigenvalue weighted by molar-refractivity contribution is 5.70. The molecule has 1 atom stereocenters. The van der Waals surface area contributed by atoms with Crippen LogP contribution in [-0.2, 0) is 11.3 Å². The van der Waals surface area contributed by atoms with Crippen LogP contribution in [0.25, 0.3) is 0 Å². The van der Waals surface area contributed by atoms with E-state index in [0.29, 0.717) is 6.61 Å². The molecule has 0 bridgehead atoms. The molecule has 0 unspecified atom stereocenters. The van der Waals surface area contributed by atoms with E-state index in [1.54, 1.807) is 0 Å². The van der Waals surface area contributed by atoms with Crippen molar-refractivity contribution in [3.05, 3.63) is 35.9 Å². The van der Waals surface area contributed by atoms with Gasteiger partial charge in [0, 0.05) is 13.1 Å². The quantitative estimate of drug-likeness (QED) is 0.864. The number of nitrogens with zero attached hydrogens (tertiary/aromatic N) is 1. The first kappa shape index (κ1) is 11.5. The highest BCUT2D eigenvalue weighted by atomic mass is 16.6. The van der Waals surface area contributed by atoms with Crippen molar-refractivity contribution in [1.29, 1.82) is 0 Å². The van der Waals surface area contributed by atoms with Crippen molar-refractivity contribution >= 4 is 6.09 Å². The highest BCUT2D eigenvalue weighted by Crippen LogP contribution is 2.36. The van der Waals surface area contributed by atoms with Crippen molar-refractivity contribution in [1.82, 2.24) is 10.2 Å². The molecule has 0 radical (unpaired) electrons. The van der Waals surface area contributed by atoms with E-state index in [0.717, 1.165) is 38.0 Å². The number of amides is 1. The Kier molecular flexibility index (Phi) is 2.96. The summed E-state index contributed by atoms with van der Waals surface area (Å²) in [5, 5.41) is 3.32. The van der Waals surface area contributed by atoms with Gasteiger partial charge in [0.25, 0.3) is 0 Å². The van der Waals surface area contributed by atoms with Crippen LogP contribution in [0.4, 0.5) is 4.79 Å². The topological polar surface area (TPSA) is 41.6 Å². The fourth-order valence-corrected chi connectivity index (χ4v) is 2.80. The fourth-order valence-electron chi connectivity index (χ4n) is 2.80. The van der Waals surface area contributed by atoms with Gasteiger partial charge in [-0.15, -0.1) is 0 Å². The number of carbonyl (C=O) groups is 1. The lowest BCUT2D eigenvalue weighted by Crippen LogP contribution is -2.63. The predicted molar refractivity (Wildman–Crippen MR) is 68.2 cm³/mol. The number of benzene rings is 1. The molecule has 2 saturated heterocycles. The molecule has 1 spiro atoms. The monoisotopic (exact) mass is 246 g/mol. The van der Waals surface area contributed by atoms with E-state index < -0.39 is 0 Å². The van der Waals surface area contributed by atoms with Crippen LogP contribution in [0.15, 0.2) is 30.3 Å². The third-order valence-electron chi connectivity index (χ3n) is 4.02. The van der Waals surface area contributed by atoms with Gasteiger partial charge in [-0.3, -0.25) is 0 Å². The molecule has 0 aromatic heterocycles. The van der Waals surface area contributed by atoms with Gasteiger partial charge in [-0.2, -0.15) is 0 Å². The van der Waals surface area contributed by atoms with E-state index in [1.807, 2.05) is 35.2 Å². The lowest BCUT2D eigenvalue weighted by Gasteiger charge is -2.49. The summed E-state index contributed by atoms with van der Waals surface area (Å²) in [5.74, 6) is 0. The lowest BCUT2D eigenvalue weighted by molar-refractivity contribution is -0.00595. The SMILES string of the molecule is O=C(OCc1ccccc1)N1CC[C@]12CCNC2. The molecule has 1 aromatic rings. The molecule has 2 heterocycles. The molecular weight excluding hydrogens is 228 g/mol. The van der Waals surface area contributed by atoms with Gasteiger partial charge in [-0.1, -0.05) is 30.3 Å². The minimum Gasteiger partial charge on any atom is -0.445 e. The van der Waals surface area contributed by atoms with Gasteiger partial charge in [0.15, 0.2) is 0 Å². The summed E-state index contributed by atoms with van der Waals surface area (Å²) in [5.41, 5.74) is 1.08. The average molecular weight is 246 g/mol. The maximum absolute atomic E-state index is 12.0. The van der Waals surface area contributed by atoms with E-state index in [2.05, 4.69) is 5.32 Å². The predicted octanol–water partition coefficient (Wildman–Crippen LogP) is 1.76. The van der Waals surface area contributed by atoms with Crippen LogP contribution >= 0.6 is 0 Å². The molecule has 2 fully saturated rings. The normalized spacial score (nSPS) is 26.1. The summed E-state index contributed by atoms with van der Waals surface area (Å²) in [6.45, 7) is 3.10. The molecule has 18 heavy (non-hydrogen) atoms. The number of rotatable bonds is 2. The molecule has 0 aliphatic carbocycles. The zero-order chi connectivity index (χ0) is 12.4. The number of hydrogen-bond donors (Lipinski definition) is 1. The van der Waals surface area contributed by atoms with Gasteiger partial charge in [-0.25, -0.2) is 4.79 Å². The maximum atomic E-state index is 12.0. The second-order valence-corrected chi connectivity index (χ2v) is 5.09. The van der Waals surface area contributed by atoms with Crippen LogP contribution < -0.4 is 5.32 Å². The van der Waals surface area contributed by atoms with Gasteiger partial charge in [-0.05, 0) is 24.9 Å². The Bertz CT molecular complexity index is 427. The first-order valence-electron chi connectivity index (χ1n) is 6.49.